The number of hydrogen-bond donors (Lipinski definition) is 7. The van der Waals surface area contributed by atoms with Gasteiger partial charge in [-0.3, -0.25) is 0 Å². The van der Waals surface area contributed by atoms with Crippen molar-refractivity contribution in [3.8, 4) is 0 Å². The van der Waals surface area contributed by atoms with E-state index >= 15 is 0 Å². The summed E-state index contributed by atoms with van der Waals surface area (Å²) in [5.41, 5.74) is -1.72. The van der Waals surface area contributed by atoms with E-state index in [0.717, 1.165) is 44.9 Å². The molecule has 1 heterocycles. The topological polar surface area (TPSA) is 160 Å². The summed E-state index contributed by atoms with van der Waals surface area (Å²) >= 11 is 0. The molecule has 6 fully saturated rings. The minimum Gasteiger partial charge on any atom is -0.396 e. The van der Waals surface area contributed by atoms with Gasteiger partial charge in [0.1, 0.15) is 24.4 Å². The van der Waals surface area contributed by atoms with E-state index in [1.165, 1.54) is 0 Å². The second kappa shape index (κ2) is 11.1. The molecule has 0 bridgehead atoms. The summed E-state index contributed by atoms with van der Waals surface area (Å²) in [6.45, 7) is 15.2. The number of ether oxygens (including phenoxy) is 2. The van der Waals surface area contributed by atoms with Crippen LogP contribution in [0, 0.1) is 56.7 Å². The third-order valence-electron chi connectivity index (χ3n) is 15.8. The first kappa shape index (κ1) is 34.5. The van der Waals surface area contributed by atoms with E-state index in [1.54, 1.807) is 0 Å². The number of aliphatic hydroxyl groups is 7. The van der Waals surface area contributed by atoms with Crippen molar-refractivity contribution in [2.45, 2.75) is 155 Å². The normalized spacial score (nSPS) is 56.1. The average molecular weight is 639 g/mol. The summed E-state index contributed by atoms with van der Waals surface area (Å²) in [5, 5.41) is 75.5. The molecule has 45 heavy (non-hydrogen) atoms. The highest BCUT2D eigenvalue weighted by molar-refractivity contribution is 5.21. The SMILES string of the molecule is CC(C)(O)C1CCC2(CO)CCC3(C)C(CCC4C5(C)CCC(OC6OC(CO)C(O)C(O)C6O)C(C)(C)C5C(O)CC43C)C12. The third kappa shape index (κ3) is 4.72. The standard InChI is InChI=1S/C36H62O9/c1-31(2)24(45-30-28(42)27(41)26(40)22(17-37)44-30)11-12-33(5)23-9-8-20-25-19(32(3,4)43)10-13-36(25,18-38)15-14-34(20,6)35(23,7)16-21(39)29(31)33/h19-30,37-43H,8-18H2,1-7H3. The van der Waals surface area contributed by atoms with Gasteiger partial charge < -0.3 is 45.2 Å². The van der Waals surface area contributed by atoms with Crippen molar-refractivity contribution in [2.75, 3.05) is 13.2 Å². The van der Waals surface area contributed by atoms with Crippen LogP contribution in [0.2, 0.25) is 0 Å². The fraction of sp³-hybridized carbons (Fsp3) is 1.00. The summed E-state index contributed by atoms with van der Waals surface area (Å²) < 4.78 is 12.2. The van der Waals surface area contributed by atoms with Gasteiger partial charge in [0.05, 0.1) is 24.4 Å². The molecule has 6 rings (SSSR count). The Hall–Kier alpha value is -0.360. The van der Waals surface area contributed by atoms with Gasteiger partial charge >= 0.3 is 0 Å². The fourth-order valence-electron chi connectivity index (χ4n) is 13.5. The zero-order chi connectivity index (χ0) is 33.1. The van der Waals surface area contributed by atoms with Gasteiger partial charge in [0.25, 0.3) is 0 Å². The van der Waals surface area contributed by atoms with Crippen LogP contribution in [0.15, 0.2) is 0 Å². The number of fused-ring (bicyclic) bond motifs is 7. The highest BCUT2D eigenvalue weighted by Crippen LogP contribution is 2.77. The molecule has 0 aromatic rings. The number of rotatable bonds is 5. The zero-order valence-electron chi connectivity index (χ0n) is 28.7. The maximum absolute atomic E-state index is 12.3. The Morgan fingerprint density at radius 1 is 0.800 bits per heavy atom. The molecular weight excluding hydrogens is 576 g/mol. The van der Waals surface area contributed by atoms with Crippen molar-refractivity contribution < 1.29 is 45.2 Å². The molecule has 0 aromatic heterocycles. The summed E-state index contributed by atoms with van der Waals surface area (Å²) in [7, 11) is 0. The Bertz CT molecular complexity index is 1110. The summed E-state index contributed by atoms with van der Waals surface area (Å²) in [4.78, 5) is 0. The molecule has 5 aliphatic carbocycles. The van der Waals surface area contributed by atoms with Gasteiger partial charge in [0, 0.05) is 6.61 Å². The molecule has 0 spiro atoms. The van der Waals surface area contributed by atoms with E-state index in [2.05, 4.69) is 34.6 Å². The second-order valence-electron chi connectivity index (χ2n) is 18.4. The van der Waals surface area contributed by atoms with Crippen LogP contribution < -0.4 is 0 Å². The molecule has 16 atom stereocenters. The van der Waals surface area contributed by atoms with Crippen molar-refractivity contribution in [3.05, 3.63) is 0 Å². The smallest absolute Gasteiger partial charge is 0.186 e. The Kier molecular flexibility index (Phi) is 8.49. The minimum atomic E-state index is -1.49. The van der Waals surface area contributed by atoms with Crippen molar-refractivity contribution in [1.29, 1.82) is 0 Å². The first-order valence-electron chi connectivity index (χ1n) is 17.8. The molecule has 9 nitrogen and oxygen atoms in total. The van der Waals surface area contributed by atoms with Gasteiger partial charge in [0.2, 0.25) is 0 Å². The van der Waals surface area contributed by atoms with E-state index in [4.69, 9.17) is 9.47 Å². The molecule has 1 aliphatic heterocycles. The Labute approximate surface area is 269 Å². The predicted octanol–water partition coefficient (Wildman–Crippen LogP) is 2.99. The first-order chi connectivity index (χ1) is 20.8. The van der Waals surface area contributed by atoms with Gasteiger partial charge in [-0.15, -0.1) is 0 Å². The molecule has 7 N–H and O–H groups in total. The molecule has 6 aliphatic rings. The van der Waals surface area contributed by atoms with Crippen molar-refractivity contribution in [1.82, 2.24) is 0 Å². The maximum atomic E-state index is 12.3. The Morgan fingerprint density at radius 3 is 2.11 bits per heavy atom. The summed E-state index contributed by atoms with van der Waals surface area (Å²) in [6, 6.07) is 0. The summed E-state index contributed by atoms with van der Waals surface area (Å²) in [6.07, 6.45) is 0.728. The quantitative estimate of drug-likeness (QED) is 0.225. The van der Waals surface area contributed by atoms with Crippen LogP contribution in [0.4, 0.5) is 0 Å². The van der Waals surface area contributed by atoms with Crippen LogP contribution in [0.25, 0.3) is 0 Å². The van der Waals surface area contributed by atoms with Gasteiger partial charge in [0.15, 0.2) is 6.29 Å². The third-order valence-corrected chi connectivity index (χ3v) is 15.8. The zero-order valence-corrected chi connectivity index (χ0v) is 28.7. The van der Waals surface area contributed by atoms with Gasteiger partial charge in [-0.1, -0.05) is 34.6 Å². The number of hydrogen-bond acceptors (Lipinski definition) is 9. The van der Waals surface area contributed by atoms with E-state index in [1.807, 2.05) is 13.8 Å². The van der Waals surface area contributed by atoms with Crippen LogP contribution in [-0.2, 0) is 9.47 Å². The predicted molar refractivity (Wildman–Crippen MR) is 168 cm³/mol. The van der Waals surface area contributed by atoms with Gasteiger partial charge in [-0.25, -0.2) is 0 Å². The fourth-order valence-corrected chi connectivity index (χ4v) is 13.5. The minimum absolute atomic E-state index is 0.0319. The van der Waals surface area contributed by atoms with E-state index in [0.29, 0.717) is 24.7 Å². The monoisotopic (exact) mass is 638 g/mol. The van der Waals surface area contributed by atoms with E-state index in [-0.39, 0.29) is 52.1 Å². The van der Waals surface area contributed by atoms with Crippen LogP contribution >= 0.6 is 0 Å². The van der Waals surface area contributed by atoms with Crippen molar-refractivity contribution in [2.24, 2.45) is 56.7 Å². The molecule has 1 saturated heterocycles. The molecular formula is C36H62O9. The van der Waals surface area contributed by atoms with Crippen LogP contribution in [-0.4, -0.2) is 97.5 Å². The highest BCUT2D eigenvalue weighted by atomic mass is 16.7. The molecule has 260 valence electrons. The molecule has 0 amide bonds. The largest absolute Gasteiger partial charge is 0.396 e. The van der Waals surface area contributed by atoms with E-state index in [9.17, 15) is 35.7 Å². The van der Waals surface area contributed by atoms with Crippen molar-refractivity contribution >= 4 is 0 Å². The lowest BCUT2D eigenvalue weighted by atomic mass is 9.31. The van der Waals surface area contributed by atoms with Gasteiger partial charge in [-0.05, 0) is 128 Å². The second-order valence-corrected chi connectivity index (χ2v) is 18.4. The van der Waals surface area contributed by atoms with Crippen molar-refractivity contribution in [3.63, 3.8) is 0 Å². The average Bonchev–Trinajstić information content (AvgIpc) is 3.35. The molecule has 0 aromatic carbocycles. The highest BCUT2D eigenvalue weighted by Gasteiger charge is 2.73. The van der Waals surface area contributed by atoms with Gasteiger partial charge in [-0.2, -0.15) is 0 Å². The number of aliphatic hydroxyl groups excluding tert-OH is 6. The molecule has 9 heteroatoms. The van der Waals surface area contributed by atoms with Crippen LogP contribution in [0.5, 0.6) is 0 Å². The lowest BCUT2D eigenvalue weighted by Gasteiger charge is -2.74. The molecule has 0 radical (unpaired) electrons. The first-order valence-corrected chi connectivity index (χ1v) is 17.8. The summed E-state index contributed by atoms with van der Waals surface area (Å²) in [5.74, 6) is 1.11. The Morgan fingerprint density at radius 2 is 1.49 bits per heavy atom. The lowest BCUT2D eigenvalue weighted by molar-refractivity contribution is -0.337. The molecule has 5 saturated carbocycles. The van der Waals surface area contributed by atoms with Crippen LogP contribution in [0.1, 0.15) is 106 Å². The maximum Gasteiger partial charge on any atom is 0.186 e. The van der Waals surface area contributed by atoms with E-state index < -0.39 is 54.4 Å². The lowest BCUT2D eigenvalue weighted by Crippen LogP contribution is -2.70. The van der Waals surface area contributed by atoms with Crippen LogP contribution in [0.3, 0.4) is 0 Å². The molecule has 16 unspecified atom stereocenters. The Balaban J connectivity index is 1.29.